The number of carboxylic acids is 1. The number of carbonyl (C=O) groups is 1. The van der Waals surface area contributed by atoms with Crippen molar-refractivity contribution in [1.82, 2.24) is 0 Å². The van der Waals surface area contributed by atoms with Crippen LogP contribution in [0.3, 0.4) is 0 Å². The van der Waals surface area contributed by atoms with E-state index >= 15 is 0 Å². The summed E-state index contributed by atoms with van der Waals surface area (Å²) in [5, 5.41) is 10.1. The van der Waals surface area contributed by atoms with E-state index in [0.717, 1.165) is 6.42 Å². The van der Waals surface area contributed by atoms with E-state index in [1.807, 2.05) is 0 Å². The maximum atomic E-state index is 10.1. The van der Waals surface area contributed by atoms with E-state index in [9.17, 15) is 9.90 Å². The van der Waals surface area contributed by atoms with Gasteiger partial charge in [0, 0.05) is 5.97 Å². The molecule has 0 unspecified atom stereocenters. The predicted octanol–water partition coefficient (Wildman–Crippen LogP) is -1.90. The Morgan fingerprint density at radius 1 is 1.25 bits per heavy atom. The van der Waals surface area contributed by atoms with Gasteiger partial charge in [0.2, 0.25) is 0 Å². The molecule has 0 bridgehead atoms. The molecule has 0 aliphatic heterocycles. The van der Waals surface area contributed by atoms with E-state index in [2.05, 4.69) is 0 Å². The van der Waals surface area contributed by atoms with Gasteiger partial charge in [-0.2, -0.15) is 0 Å². The molecular formula is C9H15NaO2. The zero-order chi connectivity index (χ0) is 8.10. The van der Waals surface area contributed by atoms with Crippen molar-refractivity contribution in [1.29, 1.82) is 0 Å². The summed E-state index contributed by atoms with van der Waals surface area (Å²) in [6, 6.07) is 0. The fourth-order valence-electron chi connectivity index (χ4n) is 1.80. The zero-order valence-electron chi connectivity index (χ0n) is 7.84. The minimum atomic E-state index is -0.893. The van der Waals surface area contributed by atoms with Crippen molar-refractivity contribution in [3.63, 3.8) is 0 Å². The van der Waals surface area contributed by atoms with Crippen LogP contribution in [0.5, 0.6) is 0 Å². The third kappa shape index (κ3) is 5.18. The number of carbonyl (C=O) groups excluding carboxylic acids is 1. The average molecular weight is 178 g/mol. The summed E-state index contributed by atoms with van der Waals surface area (Å²) in [6.07, 6.45) is 7.46. The Morgan fingerprint density at radius 3 is 2.33 bits per heavy atom. The molecule has 12 heavy (non-hydrogen) atoms. The molecular weight excluding hydrogens is 163 g/mol. The first-order valence-electron chi connectivity index (χ1n) is 4.49. The van der Waals surface area contributed by atoms with Crippen molar-refractivity contribution in [3.8, 4) is 0 Å². The van der Waals surface area contributed by atoms with E-state index in [1.54, 1.807) is 0 Å². The van der Waals surface area contributed by atoms with Crippen molar-refractivity contribution in [2.24, 2.45) is 5.92 Å². The predicted molar refractivity (Wildman–Crippen MR) is 40.8 cm³/mol. The molecule has 0 heterocycles. The second kappa shape index (κ2) is 6.93. The van der Waals surface area contributed by atoms with Gasteiger partial charge in [-0.15, -0.1) is 0 Å². The van der Waals surface area contributed by atoms with Crippen LogP contribution in [-0.4, -0.2) is 5.97 Å². The van der Waals surface area contributed by atoms with E-state index in [1.165, 1.54) is 32.1 Å². The van der Waals surface area contributed by atoms with Crippen molar-refractivity contribution in [2.75, 3.05) is 0 Å². The maximum absolute atomic E-state index is 10.1. The Labute approximate surface area is 96.0 Å². The van der Waals surface area contributed by atoms with Crippen LogP contribution in [0.1, 0.15) is 44.9 Å². The molecule has 1 saturated carbocycles. The van der Waals surface area contributed by atoms with Gasteiger partial charge in [-0.25, -0.2) is 0 Å². The number of rotatable bonds is 3. The standard InChI is InChI=1S/C9H16O2.Na/c10-9(11)7-6-8-4-2-1-3-5-8;/h8H,1-7H2,(H,10,11);/q;+1/p-1. The van der Waals surface area contributed by atoms with Gasteiger partial charge in [-0.1, -0.05) is 32.1 Å². The SMILES string of the molecule is O=C([O-])CCC1CCCCC1.[Na+]. The van der Waals surface area contributed by atoms with Crippen molar-refractivity contribution >= 4 is 5.97 Å². The molecule has 0 aromatic rings. The second-order valence-electron chi connectivity index (χ2n) is 3.41. The monoisotopic (exact) mass is 178 g/mol. The molecule has 1 fully saturated rings. The topological polar surface area (TPSA) is 40.1 Å². The summed E-state index contributed by atoms with van der Waals surface area (Å²) in [5.74, 6) is -0.225. The third-order valence-corrected chi connectivity index (χ3v) is 2.48. The fourth-order valence-corrected chi connectivity index (χ4v) is 1.80. The molecule has 0 N–H and O–H groups in total. The molecule has 3 heteroatoms. The Hall–Kier alpha value is 0.470. The molecule has 0 aromatic heterocycles. The summed E-state index contributed by atoms with van der Waals surface area (Å²) in [4.78, 5) is 10.1. The number of hydrogen-bond donors (Lipinski definition) is 0. The zero-order valence-corrected chi connectivity index (χ0v) is 9.84. The van der Waals surface area contributed by atoms with Crippen LogP contribution in [0, 0.1) is 5.92 Å². The molecule has 0 amide bonds. The molecule has 0 aromatic carbocycles. The van der Waals surface area contributed by atoms with Crippen LogP contribution in [0.2, 0.25) is 0 Å². The van der Waals surface area contributed by atoms with Gasteiger partial charge in [0.05, 0.1) is 0 Å². The van der Waals surface area contributed by atoms with Gasteiger partial charge < -0.3 is 9.90 Å². The summed E-state index contributed by atoms with van der Waals surface area (Å²) >= 11 is 0. The molecule has 0 spiro atoms. The minimum Gasteiger partial charge on any atom is -0.550 e. The van der Waals surface area contributed by atoms with Crippen molar-refractivity contribution in [2.45, 2.75) is 44.9 Å². The van der Waals surface area contributed by atoms with Gasteiger partial charge in [0.25, 0.3) is 0 Å². The normalized spacial score (nSPS) is 18.3. The summed E-state index contributed by atoms with van der Waals surface area (Å²) in [5.41, 5.74) is 0. The van der Waals surface area contributed by atoms with Gasteiger partial charge in [-0.05, 0) is 18.8 Å². The van der Waals surface area contributed by atoms with Gasteiger partial charge >= 0.3 is 29.6 Å². The van der Waals surface area contributed by atoms with E-state index in [0.29, 0.717) is 5.92 Å². The Bertz CT molecular complexity index is 130. The molecule has 64 valence electrons. The smallest absolute Gasteiger partial charge is 0.550 e. The minimum absolute atomic E-state index is 0. The number of aliphatic carboxylic acids is 1. The molecule has 1 rings (SSSR count). The van der Waals surface area contributed by atoms with E-state index < -0.39 is 5.97 Å². The van der Waals surface area contributed by atoms with Crippen LogP contribution in [-0.2, 0) is 4.79 Å². The molecule has 0 atom stereocenters. The van der Waals surface area contributed by atoms with E-state index in [4.69, 9.17) is 0 Å². The molecule has 1 aliphatic carbocycles. The largest absolute Gasteiger partial charge is 1.00 e. The summed E-state index contributed by atoms with van der Waals surface area (Å²) < 4.78 is 0. The second-order valence-corrected chi connectivity index (χ2v) is 3.41. The Morgan fingerprint density at radius 2 is 1.83 bits per heavy atom. The van der Waals surface area contributed by atoms with Crippen LogP contribution in [0.4, 0.5) is 0 Å². The fraction of sp³-hybridized carbons (Fsp3) is 0.889. The summed E-state index contributed by atoms with van der Waals surface area (Å²) in [7, 11) is 0. The first-order chi connectivity index (χ1) is 5.29. The molecule has 1 aliphatic rings. The molecule has 0 radical (unpaired) electrons. The Kier molecular flexibility index (Phi) is 7.20. The average Bonchev–Trinajstić information content (AvgIpc) is 2.03. The number of carboxylic acid groups (broad SMARTS) is 1. The molecule has 2 nitrogen and oxygen atoms in total. The third-order valence-electron chi connectivity index (χ3n) is 2.48. The summed E-state index contributed by atoms with van der Waals surface area (Å²) in [6.45, 7) is 0. The van der Waals surface area contributed by atoms with Crippen molar-refractivity contribution in [3.05, 3.63) is 0 Å². The van der Waals surface area contributed by atoms with Crippen LogP contribution >= 0.6 is 0 Å². The Balaban J connectivity index is 0.00000121. The number of hydrogen-bond acceptors (Lipinski definition) is 2. The van der Waals surface area contributed by atoms with E-state index in [-0.39, 0.29) is 36.0 Å². The van der Waals surface area contributed by atoms with Crippen LogP contribution in [0.15, 0.2) is 0 Å². The van der Waals surface area contributed by atoms with Gasteiger partial charge in [0.15, 0.2) is 0 Å². The van der Waals surface area contributed by atoms with Gasteiger partial charge in [-0.3, -0.25) is 0 Å². The first-order valence-corrected chi connectivity index (χ1v) is 4.49. The first kappa shape index (κ1) is 12.5. The van der Waals surface area contributed by atoms with Crippen LogP contribution in [0.25, 0.3) is 0 Å². The van der Waals surface area contributed by atoms with Crippen LogP contribution < -0.4 is 34.7 Å². The maximum Gasteiger partial charge on any atom is 1.00 e. The van der Waals surface area contributed by atoms with Crippen molar-refractivity contribution < 1.29 is 39.5 Å². The quantitative estimate of drug-likeness (QED) is 0.474. The molecule has 0 saturated heterocycles. The van der Waals surface area contributed by atoms with Gasteiger partial charge in [0.1, 0.15) is 0 Å².